The lowest BCUT2D eigenvalue weighted by atomic mass is 9.74. The largest absolute Gasteiger partial charge is 0.591 e. The molecule has 8 heteroatoms. The van der Waals surface area contributed by atoms with E-state index < -0.39 is 22.2 Å². The maximum absolute atomic E-state index is 13.0. The minimum Gasteiger partial charge on any atom is -0.591 e. The number of hydrogen-bond donors (Lipinski definition) is 1. The molecule has 2 heterocycles. The Labute approximate surface area is 181 Å². The molecule has 0 saturated carbocycles. The molecule has 2 aliphatic heterocycles. The Kier molecular flexibility index (Phi) is 5.76. The summed E-state index contributed by atoms with van der Waals surface area (Å²) in [5, 5.41) is 9.37. The number of fused-ring (bicyclic) bond motifs is 1. The minimum atomic E-state index is -1.37. The number of rotatable bonds is 2. The first-order chi connectivity index (χ1) is 14.2. The SMILES string of the molecule is CC(C)(C)[S@@+]([O-])N=C1c2cc(N3CCOCC3)ccc2CC12CCN(C(=O)O)CC2. The van der Waals surface area contributed by atoms with E-state index in [9.17, 15) is 14.5 Å². The summed E-state index contributed by atoms with van der Waals surface area (Å²) in [6, 6.07) is 6.53. The topological polar surface area (TPSA) is 88.4 Å². The maximum Gasteiger partial charge on any atom is 0.407 e. The first-order valence-electron chi connectivity index (χ1n) is 10.6. The third kappa shape index (κ3) is 4.05. The third-order valence-electron chi connectivity index (χ3n) is 6.45. The summed E-state index contributed by atoms with van der Waals surface area (Å²) in [5.74, 6) is 0. The van der Waals surface area contributed by atoms with Crippen molar-refractivity contribution in [3.05, 3.63) is 29.3 Å². The monoisotopic (exact) mass is 433 g/mol. The molecule has 4 rings (SSSR count). The van der Waals surface area contributed by atoms with Crippen molar-refractivity contribution in [2.75, 3.05) is 44.3 Å². The van der Waals surface area contributed by atoms with Crippen LogP contribution in [0.15, 0.2) is 22.6 Å². The molecule has 1 aromatic rings. The van der Waals surface area contributed by atoms with E-state index in [-0.39, 0.29) is 5.41 Å². The van der Waals surface area contributed by atoms with Gasteiger partial charge >= 0.3 is 6.09 Å². The van der Waals surface area contributed by atoms with Gasteiger partial charge in [-0.25, -0.2) is 4.79 Å². The molecule has 7 nitrogen and oxygen atoms in total. The van der Waals surface area contributed by atoms with Crippen LogP contribution in [0.3, 0.4) is 0 Å². The van der Waals surface area contributed by atoms with E-state index in [1.807, 2.05) is 20.8 Å². The van der Waals surface area contributed by atoms with E-state index >= 15 is 0 Å². The van der Waals surface area contributed by atoms with Crippen LogP contribution in [0.25, 0.3) is 0 Å². The summed E-state index contributed by atoms with van der Waals surface area (Å²) in [5.41, 5.74) is 4.12. The zero-order chi connectivity index (χ0) is 21.5. The van der Waals surface area contributed by atoms with Crippen LogP contribution in [0.1, 0.15) is 44.7 Å². The van der Waals surface area contributed by atoms with Crippen LogP contribution in [0, 0.1) is 5.41 Å². The van der Waals surface area contributed by atoms with Gasteiger partial charge in [-0.05, 0) is 57.7 Å². The molecule has 1 N–H and O–H groups in total. The van der Waals surface area contributed by atoms with Crippen molar-refractivity contribution in [2.24, 2.45) is 9.81 Å². The van der Waals surface area contributed by atoms with Crippen LogP contribution in [-0.4, -0.2) is 70.5 Å². The number of morpholine rings is 1. The van der Waals surface area contributed by atoms with Crippen LogP contribution in [0.5, 0.6) is 0 Å². The highest BCUT2D eigenvalue weighted by Crippen LogP contribution is 2.46. The zero-order valence-corrected chi connectivity index (χ0v) is 18.8. The number of hydrogen-bond acceptors (Lipinski definition) is 5. The van der Waals surface area contributed by atoms with Gasteiger partial charge < -0.3 is 24.2 Å². The number of amides is 1. The Balaban J connectivity index is 1.71. The number of nitrogens with zero attached hydrogens (tertiary/aromatic N) is 3. The Morgan fingerprint density at radius 1 is 1.20 bits per heavy atom. The predicted molar refractivity (Wildman–Crippen MR) is 119 cm³/mol. The summed E-state index contributed by atoms with van der Waals surface area (Å²) in [4.78, 5) is 15.2. The molecule has 1 amide bonds. The summed E-state index contributed by atoms with van der Waals surface area (Å²) in [7, 11) is 0. The fourth-order valence-corrected chi connectivity index (χ4v) is 5.33. The highest BCUT2D eigenvalue weighted by Gasteiger charge is 2.48. The molecule has 164 valence electrons. The lowest BCUT2D eigenvalue weighted by Crippen LogP contribution is -2.45. The smallest absolute Gasteiger partial charge is 0.407 e. The van der Waals surface area contributed by atoms with E-state index in [1.54, 1.807) is 0 Å². The highest BCUT2D eigenvalue weighted by atomic mass is 32.2. The van der Waals surface area contributed by atoms with Gasteiger partial charge in [0.1, 0.15) is 21.8 Å². The van der Waals surface area contributed by atoms with Gasteiger partial charge in [0.05, 0.1) is 13.2 Å². The van der Waals surface area contributed by atoms with Crippen LogP contribution in [0.2, 0.25) is 0 Å². The number of piperidine rings is 1. The fourth-order valence-electron chi connectivity index (χ4n) is 4.60. The maximum atomic E-state index is 13.0. The molecule has 0 aromatic heterocycles. The Bertz CT molecular complexity index is 837. The molecule has 2 fully saturated rings. The second-order valence-corrected chi connectivity index (χ2v) is 11.4. The average Bonchev–Trinajstić information content (AvgIpc) is 3.00. The standard InChI is InChI=1S/C22H31N3O4S/c1-21(2,3)30(28)23-19-18-14-17(24-10-12-29-13-11-24)5-4-16(18)15-22(19)6-8-25(9-7-22)20(26)27/h4-5,14H,6-13,15H2,1-3H3,(H,26,27)/t30-/m1/s1. The quantitative estimate of drug-likeness (QED) is 0.724. The van der Waals surface area contributed by atoms with Crippen LogP contribution in [-0.2, 0) is 22.5 Å². The Morgan fingerprint density at radius 2 is 1.87 bits per heavy atom. The molecule has 0 bridgehead atoms. The average molecular weight is 434 g/mol. The first-order valence-corrected chi connectivity index (χ1v) is 11.8. The normalized spacial score (nSPS) is 23.7. The fraction of sp³-hybridized carbons (Fsp3) is 0.636. The molecule has 0 radical (unpaired) electrons. The molecule has 1 aliphatic carbocycles. The van der Waals surface area contributed by atoms with Crippen molar-refractivity contribution in [1.29, 1.82) is 0 Å². The van der Waals surface area contributed by atoms with Gasteiger partial charge in [0, 0.05) is 42.8 Å². The second kappa shape index (κ2) is 8.05. The van der Waals surface area contributed by atoms with Crippen molar-refractivity contribution in [2.45, 2.75) is 44.8 Å². The van der Waals surface area contributed by atoms with Gasteiger partial charge in [0.2, 0.25) is 0 Å². The summed E-state index contributed by atoms with van der Waals surface area (Å²) in [6.07, 6.45) is 1.38. The number of anilines is 1. The number of benzene rings is 1. The van der Waals surface area contributed by atoms with Crippen molar-refractivity contribution >= 4 is 28.9 Å². The Morgan fingerprint density at radius 3 is 2.47 bits per heavy atom. The van der Waals surface area contributed by atoms with Crippen LogP contribution < -0.4 is 4.90 Å². The molecule has 1 spiro atoms. The third-order valence-corrected chi connectivity index (χ3v) is 7.84. The summed E-state index contributed by atoms with van der Waals surface area (Å²) in [6.45, 7) is 9.95. The molecule has 1 aromatic carbocycles. The molecular weight excluding hydrogens is 402 g/mol. The zero-order valence-electron chi connectivity index (χ0n) is 18.0. The van der Waals surface area contributed by atoms with E-state index in [1.165, 1.54) is 10.5 Å². The van der Waals surface area contributed by atoms with Crippen LogP contribution >= 0.6 is 0 Å². The van der Waals surface area contributed by atoms with E-state index in [0.717, 1.165) is 49.7 Å². The lowest BCUT2D eigenvalue weighted by molar-refractivity contribution is 0.115. The first kappa shape index (κ1) is 21.5. The highest BCUT2D eigenvalue weighted by molar-refractivity contribution is 7.91. The summed E-state index contributed by atoms with van der Waals surface area (Å²) >= 11 is -1.37. The minimum absolute atomic E-state index is 0.237. The Hall–Kier alpha value is -1.77. The van der Waals surface area contributed by atoms with Crippen LogP contribution in [0.4, 0.5) is 10.5 Å². The van der Waals surface area contributed by atoms with Gasteiger partial charge in [0.15, 0.2) is 0 Å². The van der Waals surface area contributed by atoms with Crippen molar-refractivity contribution in [3.8, 4) is 0 Å². The van der Waals surface area contributed by atoms with Crippen molar-refractivity contribution < 1.29 is 19.2 Å². The van der Waals surface area contributed by atoms with Gasteiger partial charge in [-0.15, -0.1) is 0 Å². The van der Waals surface area contributed by atoms with Gasteiger partial charge in [-0.3, -0.25) is 0 Å². The van der Waals surface area contributed by atoms with Crippen molar-refractivity contribution in [1.82, 2.24) is 4.90 Å². The number of carbonyl (C=O) groups is 1. The predicted octanol–water partition coefficient (Wildman–Crippen LogP) is 3.09. The van der Waals surface area contributed by atoms with E-state index in [4.69, 9.17) is 9.13 Å². The number of ether oxygens (including phenoxy) is 1. The number of carboxylic acid groups (broad SMARTS) is 1. The van der Waals surface area contributed by atoms with Crippen molar-refractivity contribution in [3.63, 3.8) is 0 Å². The molecule has 2 saturated heterocycles. The molecule has 3 aliphatic rings. The summed E-state index contributed by atoms with van der Waals surface area (Å²) < 4.78 is 22.9. The molecule has 0 unspecified atom stereocenters. The van der Waals surface area contributed by atoms with Gasteiger partial charge in [-0.2, -0.15) is 0 Å². The molecule has 30 heavy (non-hydrogen) atoms. The molecule has 1 atom stereocenters. The van der Waals surface area contributed by atoms with E-state index in [2.05, 4.69) is 23.1 Å². The number of likely N-dealkylation sites (tertiary alicyclic amines) is 1. The second-order valence-electron chi connectivity index (χ2n) is 9.47. The van der Waals surface area contributed by atoms with Gasteiger partial charge in [0.25, 0.3) is 0 Å². The molecular formula is C22H31N3O4S. The van der Waals surface area contributed by atoms with E-state index in [0.29, 0.717) is 25.9 Å². The lowest BCUT2D eigenvalue weighted by Gasteiger charge is -2.38. The van der Waals surface area contributed by atoms with Gasteiger partial charge in [-0.1, -0.05) is 10.5 Å².